The van der Waals surface area contributed by atoms with Crippen LogP contribution < -0.4 is 10.1 Å². The molecule has 0 aliphatic carbocycles. The fourth-order valence-electron chi connectivity index (χ4n) is 2.29. The number of unbranched alkanes of at least 4 members (excludes halogenated alkanes) is 1. The Hall–Kier alpha value is -2.82. The van der Waals surface area contributed by atoms with Crippen molar-refractivity contribution < 1.29 is 19.1 Å². The largest absolute Gasteiger partial charge is 0.494 e. The van der Waals surface area contributed by atoms with Gasteiger partial charge in [-0.3, -0.25) is 4.79 Å². The molecule has 0 aliphatic rings. The summed E-state index contributed by atoms with van der Waals surface area (Å²) < 4.78 is 10.8. The first kappa shape index (κ1) is 20.5. The number of ether oxygens (including phenoxy) is 2. The number of carbonyl (C=O) groups is 2. The van der Waals surface area contributed by atoms with Gasteiger partial charge in [-0.25, -0.2) is 4.79 Å². The molecule has 2 aromatic carbocycles. The predicted octanol–water partition coefficient (Wildman–Crippen LogP) is 4.93. The third kappa shape index (κ3) is 6.77. The van der Waals surface area contributed by atoms with Crippen molar-refractivity contribution in [1.29, 1.82) is 0 Å². The number of hydrogen-bond acceptors (Lipinski definition) is 4. The smallest absolute Gasteiger partial charge is 0.338 e. The zero-order chi connectivity index (χ0) is 19.6. The van der Waals surface area contributed by atoms with Crippen LogP contribution in [0.4, 0.5) is 5.69 Å². The number of hydrogen-bond donors (Lipinski definition) is 1. The first-order chi connectivity index (χ1) is 13.0. The van der Waals surface area contributed by atoms with Crippen molar-refractivity contribution in [2.75, 3.05) is 18.5 Å². The lowest BCUT2D eigenvalue weighted by molar-refractivity contribution is 0.0459. The molecule has 0 fully saturated rings. The van der Waals surface area contributed by atoms with E-state index in [1.165, 1.54) is 0 Å². The Kier molecular flexibility index (Phi) is 7.86. The van der Waals surface area contributed by atoms with Gasteiger partial charge in [0.2, 0.25) is 0 Å². The lowest BCUT2D eigenvalue weighted by Gasteiger charge is -2.10. The number of esters is 1. The minimum Gasteiger partial charge on any atom is -0.494 e. The maximum absolute atomic E-state index is 12.4. The van der Waals surface area contributed by atoms with Gasteiger partial charge in [0.05, 0.1) is 18.8 Å². The summed E-state index contributed by atoms with van der Waals surface area (Å²) >= 11 is 0. The standard InChI is InChI=1S/C22H27NO4/c1-4-5-13-26-20-11-9-17(10-12-20)21(24)23-19-8-6-7-18(14-19)22(25)27-15-16(2)3/h6-12,14,16H,4-5,13,15H2,1-3H3,(H,23,24). The summed E-state index contributed by atoms with van der Waals surface area (Å²) in [7, 11) is 0. The van der Waals surface area contributed by atoms with Gasteiger partial charge in [-0.2, -0.15) is 0 Å². The van der Waals surface area contributed by atoms with Crippen LogP contribution in [-0.4, -0.2) is 25.1 Å². The molecule has 144 valence electrons. The van der Waals surface area contributed by atoms with Gasteiger partial charge in [0, 0.05) is 11.3 Å². The van der Waals surface area contributed by atoms with Gasteiger partial charge in [-0.15, -0.1) is 0 Å². The van der Waals surface area contributed by atoms with Crippen molar-refractivity contribution in [1.82, 2.24) is 0 Å². The second-order valence-electron chi connectivity index (χ2n) is 6.75. The molecule has 0 aliphatic heterocycles. The van der Waals surface area contributed by atoms with Gasteiger partial charge in [0.15, 0.2) is 0 Å². The Morgan fingerprint density at radius 1 is 1.04 bits per heavy atom. The van der Waals surface area contributed by atoms with E-state index < -0.39 is 5.97 Å². The number of rotatable bonds is 9. The van der Waals surface area contributed by atoms with Crippen LogP contribution in [0, 0.1) is 5.92 Å². The number of nitrogens with one attached hydrogen (secondary N) is 1. The summed E-state index contributed by atoms with van der Waals surface area (Å²) in [6.45, 7) is 7.09. The summed E-state index contributed by atoms with van der Waals surface area (Å²) in [5.74, 6) is 0.372. The predicted molar refractivity (Wildman–Crippen MR) is 106 cm³/mol. The lowest BCUT2D eigenvalue weighted by atomic mass is 10.1. The normalized spacial score (nSPS) is 10.5. The first-order valence-electron chi connectivity index (χ1n) is 9.31. The van der Waals surface area contributed by atoms with Gasteiger partial charge in [-0.1, -0.05) is 33.3 Å². The minimum atomic E-state index is -0.395. The summed E-state index contributed by atoms with van der Waals surface area (Å²) in [5, 5.41) is 2.80. The van der Waals surface area contributed by atoms with E-state index >= 15 is 0 Å². The zero-order valence-corrected chi connectivity index (χ0v) is 16.2. The molecule has 1 N–H and O–H groups in total. The molecule has 5 heteroatoms. The highest BCUT2D eigenvalue weighted by Crippen LogP contribution is 2.16. The number of amides is 1. The summed E-state index contributed by atoms with van der Waals surface area (Å²) in [5.41, 5.74) is 1.47. The van der Waals surface area contributed by atoms with Crippen molar-refractivity contribution >= 4 is 17.6 Å². The Morgan fingerprint density at radius 3 is 2.44 bits per heavy atom. The molecule has 5 nitrogen and oxygen atoms in total. The van der Waals surface area contributed by atoms with E-state index in [-0.39, 0.29) is 11.8 Å². The molecule has 0 bridgehead atoms. The average Bonchev–Trinajstić information content (AvgIpc) is 2.67. The van der Waals surface area contributed by atoms with Gasteiger partial charge in [0.25, 0.3) is 5.91 Å². The van der Waals surface area contributed by atoms with Crippen LogP contribution in [0.15, 0.2) is 48.5 Å². The zero-order valence-electron chi connectivity index (χ0n) is 16.2. The molecule has 1 amide bonds. The molecule has 2 aromatic rings. The van der Waals surface area contributed by atoms with Crippen LogP contribution >= 0.6 is 0 Å². The van der Waals surface area contributed by atoms with Crippen LogP contribution in [0.3, 0.4) is 0 Å². The third-order valence-electron chi connectivity index (χ3n) is 3.79. The molecule has 0 heterocycles. The SMILES string of the molecule is CCCCOc1ccc(C(=O)Nc2cccc(C(=O)OCC(C)C)c2)cc1. The van der Waals surface area contributed by atoms with Crippen LogP contribution in [0.2, 0.25) is 0 Å². The van der Waals surface area contributed by atoms with Crippen LogP contribution in [0.5, 0.6) is 5.75 Å². The maximum Gasteiger partial charge on any atom is 0.338 e. The van der Waals surface area contributed by atoms with E-state index in [1.54, 1.807) is 48.5 Å². The molecule has 0 saturated heterocycles. The Bertz CT molecular complexity index is 753. The van der Waals surface area contributed by atoms with E-state index in [2.05, 4.69) is 12.2 Å². The summed E-state index contributed by atoms with van der Waals surface area (Å²) in [6.07, 6.45) is 2.07. The maximum atomic E-state index is 12.4. The molecular formula is C22H27NO4. The van der Waals surface area contributed by atoms with Gasteiger partial charge in [-0.05, 0) is 54.8 Å². The van der Waals surface area contributed by atoms with E-state index in [0.29, 0.717) is 30.0 Å². The summed E-state index contributed by atoms with van der Waals surface area (Å²) in [4.78, 5) is 24.5. The Labute approximate surface area is 160 Å². The van der Waals surface area contributed by atoms with Gasteiger partial charge < -0.3 is 14.8 Å². The molecule has 2 rings (SSSR count). The summed E-state index contributed by atoms with van der Waals surface area (Å²) in [6, 6.07) is 13.7. The van der Waals surface area contributed by atoms with E-state index in [4.69, 9.17) is 9.47 Å². The van der Waals surface area contributed by atoms with Crippen molar-refractivity contribution in [3.05, 3.63) is 59.7 Å². The molecule has 0 atom stereocenters. The van der Waals surface area contributed by atoms with Crippen LogP contribution in [-0.2, 0) is 4.74 Å². The van der Waals surface area contributed by atoms with Crippen molar-refractivity contribution in [2.45, 2.75) is 33.6 Å². The van der Waals surface area contributed by atoms with Crippen molar-refractivity contribution in [2.24, 2.45) is 5.92 Å². The van der Waals surface area contributed by atoms with Crippen LogP contribution in [0.1, 0.15) is 54.3 Å². The Balaban J connectivity index is 1.97. The molecule has 0 spiro atoms. The minimum absolute atomic E-state index is 0.247. The fourth-order valence-corrected chi connectivity index (χ4v) is 2.29. The van der Waals surface area contributed by atoms with E-state index in [9.17, 15) is 9.59 Å². The monoisotopic (exact) mass is 369 g/mol. The van der Waals surface area contributed by atoms with Crippen molar-refractivity contribution in [3.8, 4) is 5.75 Å². The molecule has 27 heavy (non-hydrogen) atoms. The highest BCUT2D eigenvalue weighted by molar-refractivity contribution is 6.04. The molecule has 0 radical (unpaired) electrons. The Morgan fingerprint density at radius 2 is 1.78 bits per heavy atom. The van der Waals surface area contributed by atoms with E-state index in [1.807, 2.05) is 13.8 Å². The molecule has 0 saturated carbocycles. The second kappa shape index (κ2) is 10.4. The number of benzene rings is 2. The van der Waals surface area contributed by atoms with Gasteiger partial charge in [0.1, 0.15) is 5.75 Å². The topological polar surface area (TPSA) is 64.6 Å². The second-order valence-corrected chi connectivity index (χ2v) is 6.75. The highest BCUT2D eigenvalue weighted by atomic mass is 16.5. The average molecular weight is 369 g/mol. The molecular weight excluding hydrogens is 342 g/mol. The quantitative estimate of drug-likeness (QED) is 0.503. The third-order valence-corrected chi connectivity index (χ3v) is 3.79. The molecule has 0 aromatic heterocycles. The molecule has 0 unspecified atom stereocenters. The lowest BCUT2D eigenvalue weighted by Crippen LogP contribution is -2.13. The number of carbonyl (C=O) groups excluding carboxylic acids is 2. The van der Waals surface area contributed by atoms with Crippen LogP contribution in [0.25, 0.3) is 0 Å². The van der Waals surface area contributed by atoms with Gasteiger partial charge >= 0.3 is 5.97 Å². The highest BCUT2D eigenvalue weighted by Gasteiger charge is 2.11. The van der Waals surface area contributed by atoms with E-state index in [0.717, 1.165) is 18.6 Å². The first-order valence-corrected chi connectivity index (χ1v) is 9.31. The fraction of sp³-hybridized carbons (Fsp3) is 0.364. The van der Waals surface area contributed by atoms with Crippen molar-refractivity contribution in [3.63, 3.8) is 0 Å². The number of anilines is 1.